The second-order valence-corrected chi connectivity index (χ2v) is 4.15. The van der Waals surface area contributed by atoms with Crippen LogP contribution >= 0.6 is 0 Å². The minimum Gasteiger partial charge on any atom is -0.370 e. The highest BCUT2D eigenvalue weighted by Crippen LogP contribution is 1.95. The first-order valence-corrected chi connectivity index (χ1v) is 5.81. The predicted molar refractivity (Wildman–Crippen MR) is 67.1 cm³/mol. The topological polar surface area (TPSA) is 53.6 Å². The first kappa shape index (κ1) is 14.2. The van der Waals surface area contributed by atoms with Gasteiger partial charge >= 0.3 is 0 Å². The van der Waals surface area contributed by atoms with Crippen molar-refractivity contribution in [1.82, 2.24) is 10.2 Å². The number of rotatable bonds is 6. The minimum absolute atomic E-state index is 0.246. The van der Waals surface area contributed by atoms with Gasteiger partial charge in [-0.2, -0.15) is 0 Å². The number of guanidine groups is 1. The zero-order chi connectivity index (χ0) is 11.8. The number of hydrogen-bond acceptors (Lipinski definition) is 2. The second kappa shape index (κ2) is 7.51. The van der Waals surface area contributed by atoms with Gasteiger partial charge in [0.1, 0.15) is 0 Å². The van der Waals surface area contributed by atoms with Gasteiger partial charge in [0.25, 0.3) is 0 Å². The summed E-state index contributed by atoms with van der Waals surface area (Å²) in [6.07, 6.45) is 0. The van der Waals surface area contributed by atoms with E-state index in [-0.39, 0.29) is 6.04 Å². The summed E-state index contributed by atoms with van der Waals surface area (Å²) >= 11 is 0. The molecule has 4 nitrogen and oxygen atoms in total. The van der Waals surface area contributed by atoms with Crippen LogP contribution in [0.25, 0.3) is 0 Å². The molecule has 1 unspecified atom stereocenters. The van der Waals surface area contributed by atoms with Crippen LogP contribution in [0.5, 0.6) is 0 Å². The van der Waals surface area contributed by atoms with E-state index in [1.165, 1.54) is 0 Å². The van der Waals surface area contributed by atoms with Crippen LogP contribution in [0.1, 0.15) is 34.6 Å². The number of hydrogen-bond donors (Lipinski definition) is 2. The number of nitrogens with zero attached hydrogens (tertiary/aromatic N) is 2. The Morgan fingerprint density at radius 2 is 1.80 bits per heavy atom. The maximum absolute atomic E-state index is 5.75. The maximum atomic E-state index is 5.75. The molecule has 0 aliphatic carbocycles. The summed E-state index contributed by atoms with van der Waals surface area (Å²) < 4.78 is 0. The van der Waals surface area contributed by atoms with Crippen LogP contribution in [0.2, 0.25) is 0 Å². The Morgan fingerprint density at radius 1 is 1.27 bits per heavy atom. The molecule has 0 saturated heterocycles. The zero-order valence-electron chi connectivity index (χ0n) is 10.7. The summed E-state index contributed by atoms with van der Waals surface area (Å²) in [5, 5.41) is 3.09. The predicted octanol–water partition coefficient (Wildman–Crippen LogP) is 1.03. The van der Waals surface area contributed by atoms with Crippen molar-refractivity contribution in [2.75, 3.05) is 19.6 Å². The Balaban J connectivity index is 4.04. The molecule has 0 rings (SSSR count). The second-order valence-electron chi connectivity index (χ2n) is 4.15. The summed E-state index contributed by atoms with van der Waals surface area (Å²) in [6.45, 7) is 13.6. The smallest absolute Gasteiger partial charge is 0.189 e. The van der Waals surface area contributed by atoms with Crippen LogP contribution in [0.4, 0.5) is 0 Å². The van der Waals surface area contributed by atoms with Crippen molar-refractivity contribution in [3.63, 3.8) is 0 Å². The highest BCUT2D eigenvalue weighted by molar-refractivity contribution is 5.78. The van der Waals surface area contributed by atoms with Gasteiger partial charge in [0.05, 0.1) is 6.04 Å². The number of nitrogens with one attached hydrogen (secondary N) is 1. The van der Waals surface area contributed by atoms with E-state index >= 15 is 0 Å². The number of likely N-dealkylation sites (N-methyl/N-ethyl adjacent to an activating group) is 1. The van der Waals surface area contributed by atoms with Crippen LogP contribution in [0, 0.1) is 0 Å². The highest BCUT2D eigenvalue weighted by Gasteiger charge is 2.06. The van der Waals surface area contributed by atoms with E-state index in [0.717, 1.165) is 19.6 Å². The molecule has 0 spiro atoms. The fourth-order valence-electron chi connectivity index (χ4n) is 1.47. The molecule has 0 fully saturated rings. The first-order valence-electron chi connectivity index (χ1n) is 5.81. The van der Waals surface area contributed by atoms with Crippen LogP contribution in [-0.4, -0.2) is 42.6 Å². The monoisotopic (exact) mass is 214 g/mol. The molecule has 0 radical (unpaired) electrons. The van der Waals surface area contributed by atoms with Crippen LogP contribution < -0.4 is 11.1 Å². The summed E-state index contributed by atoms with van der Waals surface area (Å²) in [6, 6.07) is 0.588. The third-order valence-electron chi connectivity index (χ3n) is 2.21. The molecule has 3 N–H and O–H groups in total. The fraction of sp³-hybridized carbons (Fsp3) is 0.909. The van der Waals surface area contributed by atoms with Crippen molar-refractivity contribution < 1.29 is 0 Å². The van der Waals surface area contributed by atoms with Crippen molar-refractivity contribution in [2.45, 2.75) is 46.7 Å². The molecule has 4 heteroatoms. The average Bonchev–Trinajstić information content (AvgIpc) is 2.12. The molecular formula is C11H26N4. The van der Waals surface area contributed by atoms with Crippen LogP contribution in [-0.2, 0) is 0 Å². The van der Waals surface area contributed by atoms with Gasteiger partial charge in [-0.3, -0.25) is 0 Å². The molecule has 1 atom stereocenters. The van der Waals surface area contributed by atoms with Gasteiger partial charge in [0.2, 0.25) is 0 Å². The van der Waals surface area contributed by atoms with Crippen LogP contribution in [0.15, 0.2) is 4.99 Å². The Hall–Kier alpha value is -0.770. The van der Waals surface area contributed by atoms with Gasteiger partial charge in [-0.1, -0.05) is 13.8 Å². The molecule has 15 heavy (non-hydrogen) atoms. The quantitative estimate of drug-likeness (QED) is 0.513. The van der Waals surface area contributed by atoms with E-state index in [9.17, 15) is 0 Å². The lowest BCUT2D eigenvalue weighted by Crippen LogP contribution is -2.39. The van der Waals surface area contributed by atoms with Crippen molar-refractivity contribution in [3.05, 3.63) is 0 Å². The summed E-state index contributed by atoms with van der Waals surface area (Å²) in [5.74, 6) is 0.546. The van der Waals surface area contributed by atoms with E-state index in [0.29, 0.717) is 12.0 Å². The Labute approximate surface area is 93.9 Å². The van der Waals surface area contributed by atoms with Gasteiger partial charge in [0.15, 0.2) is 5.96 Å². The molecule has 0 aliphatic heterocycles. The van der Waals surface area contributed by atoms with Gasteiger partial charge in [-0.15, -0.1) is 0 Å². The maximum Gasteiger partial charge on any atom is 0.189 e. The molecule has 90 valence electrons. The third kappa shape index (κ3) is 7.19. The third-order valence-corrected chi connectivity index (χ3v) is 2.21. The van der Waals surface area contributed by atoms with Crippen LogP contribution in [0.3, 0.4) is 0 Å². The van der Waals surface area contributed by atoms with Crippen molar-refractivity contribution in [1.29, 1.82) is 0 Å². The fourth-order valence-corrected chi connectivity index (χ4v) is 1.47. The lowest BCUT2D eigenvalue weighted by Gasteiger charge is -2.21. The Kier molecular flexibility index (Phi) is 7.13. The molecule has 0 aromatic rings. The first-order chi connectivity index (χ1) is 6.99. The number of nitrogens with two attached hydrogens (primary N) is 1. The number of aliphatic imine (C=N–C) groups is 1. The average molecular weight is 214 g/mol. The molecule has 0 aromatic heterocycles. The largest absolute Gasteiger partial charge is 0.370 e. The van der Waals surface area contributed by atoms with E-state index in [1.807, 2.05) is 0 Å². The minimum atomic E-state index is 0.246. The molecular weight excluding hydrogens is 188 g/mol. The molecule has 0 aliphatic rings. The standard InChI is InChI=1S/C11H26N4/c1-6-15(7-2)8-10(5)14-11(12)13-9(3)4/h9-10H,6-8H2,1-5H3,(H3,12,13,14). The van der Waals surface area contributed by atoms with Crippen molar-refractivity contribution in [2.24, 2.45) is 10.7 Å². The lowest BCUT2D eigenvalue weighted by atomic mass is 10.3. The van der Waals surface area contributed by atoms with Crippen molar-refractivity contribution in [3.8, 4) is 0 Å². The zero-order valence-corrected chi connectivity index (χ0v) is 10.7. The van der Waals surface area contributed by atoms with Crippen molar-refractivity contribution >= 4 is 5.96 Å². The van der Waals surface area contributed by atoms with Gasteiger partial charge in [-0.25, -0.2) is 4.99 Å². The van der Waals surface area contributed by atoms with Gasteiger partial charge < -0.3 is 16.0 Å². The normalized spacial score (nSPS) is 14.7. The molecule has 0 saturated carbocycles. The van der Waals surface area contributed by atoms with Gasteiger partial charge in [0, 0.05) is 12.6 Å². The summed E-state index contributed by atoms with van der Waals surface area (Å²) in [4.78, 5) is 6.74. The van der Waals surface area contributed by atoms with E-state index in [1.54, 1.807) is 0 Å². The van der Waals surface area contributed by atoms with Gasteiger partial charge in [-0.05, 0) is 33.9 Å². The van der Waals surface area contributed by atoms with E-state index < -0.39 is 0 Å². The van der Waals surface area contributed by atoms with E-state index in [2.05, 4.69) is 49.8 Å². The SMILES string of the molecule is CCN(CC)CC(C)N=C(N)NC(C)C. The molecule has 0 bridgehead atoms. The Bertz CT molecular complexity index is 185. The molecule has 0 heterocycles. The summed E-state index contributed by atoms with van der Waals surface area (Å²) in [5.41, 5.74) is 5.75. The van der Waals surface area contributed by atoms with E-state index in [4.69, 9.17) is 5.73 Å². The Morgan fingerprint density at radius 3 is 2.20 bits per heavy atom. The highest BCUT2D eigenvalue weighted by atomic mass is 15.2. The molecule has 0 aromatic carbocycles. The molecule has 0 amide bonds. The lowest BCUT2D eigenvalue weighted by molar-refractivity contribution is 0.289. The summed E-state index contributed by atoms with van der Waals surface area (Å²) in [7, 11) is 0.